The highest BCUT2D eigenvalue weighted by molar-refractivity contribution is 9.11. The van der Waals surface area contributed by atoms with Crippen LogP contribution in [0, 0.1) is 0 Å². The normalized spacial score (nSPS) is 11.4. The maximum absolute atomic E-state index is 11.3. The second-order valence-corrected chi connectivity index (χ2v) is 6.00. The molecular formula is C7H9Br2N3O2S. The van der Waals surface area contributed by atoms with Crippen molar-refractivity contribution in [3.8, 4) is 0 Å². The molecule has 0 amide bonds. The SMILES string of the molecule is CNS(=O)(=O)Nc1c(Br)cc(N)cc1Br. The van der Waals surface area contributed by atoms with Gasteiger partial charge in [-0.1, -0.05) is 0 Å². The maximum atomic E-state index is 11.3. The lowest BCUT2D eigenvalue weighted by Crippen LogP contribution is -2.26. The van der Waals surface area contributed by atoms with Crippen LogP contribution >= 0.6 is 31.9 Å². The Kier molecular flexibility index (Phi) is 3.99. The number of nitrogens with one attached hydrogen (secondary N) is 2. The van der Waals surface area contributed by atoms with E-state index in [4.69, 9.17) is 5.73 Å². The smallest absolute Gasteiger partial charge is 0.298 e. The lowest BCUT2D eigenvalue weighted by atomic mass is 10.3. The van der Waals surface area contributed by atoms with E-state index < -0.39 is 10.2 Å². The Hall–Kier alpha value is -0.310. The first kappa shape index (κ1) is 12.8. The van der Waals surface area contributed by atoms with Crippen LogP contribution in [0.4, 0.5) is 11.4 Å². The van der Waals surface area contributed by atoms with E-state index in [0.29, 0.717) is 20.3 Å². The van der Waals surface area contributed by atoms with E-state index in [1.54, 1.807) is 12.1 Å². The van der Waals surface area contributed by atoms with Crippen LogP contribution in [-0.2, 0) is 10.2 Å². The first-order valence-corrected chi connectivity index (χ1v) is 6.88. The van der Waals surface area contributed by atoms with Crippen molar-refractivity contribution in [3.05, 3.63) is 21.1 Å². The number of hydrogen-bond acceptors (Lipinski definition) is 3. The van der Waals surface area contributed by atoms with Crippen LogP contribution in [0.2, 0.25) is 0 Å². The van der Waals surface area contributed by atoms with Gasteiger partial charge in [-0.05, 0) is 44.0 Å². The van der Waals surface area contributed by atoms with Crippen LogP contribution in [0.25, 0.3) is 0 Å². The number of halogens is 2. The summed E-state index contributed by atoms with van der Waals surface area (Å²) in [6, 6.07) is 3.22. The van der Waals surface area contributed by atoms with Crippen LogP contribution in [-0.4, -0.2) is 15.5 Å². The van der Waals surface area contributed by atoms with Crippen molar-refractivity contribution in [1.82, 2.24) is 4.72 Å². The molecule has 4 N–H and O–H groups in total. The predicted octanol–water partition coefficient (Wildman–Crippen LogP) is 1.67. The fourth-order valence-corrected chi connectivity index (χ4v) is 3.15. The van der Waals surface area contributed by atoms with Gasteiger partial charge in [0.15, 0.2) is 0 Å². The third-order valence-corrected chi connectivity index (χ3v) is 3.83. The highest BCUT2D eigenvalue weighted by Crippen LogP contribution is 2.33. The molecule has 0 heterocycles. The number of benzene rings is 1. The molecule has 84 valence electrons. The van der Waals surface area contributed by atoms with Gasteiger partial charge >= 0.3 is 0 Å². The topological polar surface area (TPSA) is 84.2 Å². The minimum atomic E-state index is -3.53. The summed E-state index contributed by atoms with van der Waals surface area (Å²) in [6.45, 7) is 0. The van der Waals surface area contributed by atoms with Gasteiger partial charge < -0.3 is 5.73 Å². The fourth-order valence-electron chi connectivity index (χ4n) is 0.876. The van der Waals surface area contributed by atoms with Gasteiger partial charge in [-0.25, -0.2) is 4.72 Å². The van der Waals surface area contributed by atoms with Gasteiger partial charge in [0.25, 0.3) is 10.2 Å². The number of anilines is 2. The Labute approximate surface area is 105 Å². The molecule has 0 aliphatic rings. The van der Waals surface area contributed by atoms with Crippen molar-refractivity contribution in [2.24, 2.45) is 0 Å². The van der Waals surface area contributed by atoms with E-state index in [0.717, 1.165) is 0 Å². The monoisotopic (exact) mass is 357 g/mol. The Morgan fingerprint density at radius 3 is 2.13 bits per heavy atom. The van der Waals surface area contributed by atoms with E-state index in [1.807, 2.05) is 0 Å². The first-order valence-electron chi connectivity index (χ1n) is 3.81. The molecule has 0 radical (unpaired) electrons. The molecule has 0 saturated heterocycles. The molecule has 0 aliphatic carbocycles. The number of nitrogen functional groups attached to an aromatic ring is 1. The summed E-state index contributed by atoms with van der Waals surface area (Å²) in [4.78, 5) is 0. The Morgan fingerprint density at radius 2 is 1.73 bits per heavy atom. The van der Waals surface area contributed by atoms with Crippen molar-refractivity contribution in [2.75, 3.05) is 17.5 Å². The highest BCUT2D eigenvalue weighted by Gasteiger charge is 2.12. The molecule has 0 saturated carbocycles. The molecule has 0 aromatic heterocycles. The van der Waals surface area contributed by atoms with E-state index in [1.165, 1.54) is 7.05 Å². The Bertz CT molecular complexity index is 452. The molecule has 0 atom stereocenters. The van der Waals surface area contributed by atoms with E-state index in [9.17, 15) is 8.42 Å². The second-order valence-electron chi connectivity index (χ2n) is 2.67. The van der Waals surface area contributed by atoms with Gasteiger partial charge in [0.2, 0.25) is 0 Å². The average molecular weight is 359 g/mol. The molecule has 1 aromatic carbocycles. The Balaban J connectivity index is 3.17. The van der Waals surface area contributed by atoms with E-state index in [2.05, 4.69) is 41.3 Å². The average Bonchev–Trinajstić information content (AvgIpc) is 2.11. The lowest BCUT2D eigenvalue weighted by molar-refractivity contribution is 0.593. The van der Waals surface area contributed by atoms with Crippen molar-refractivity contribution >= 4 is 53.4 Å². The molecule has 1 aromatic rings. The van der Waals surface area contributed by atoms with Crippen LogP contribution < -0.4 is 15.2 Å². The zero-order valence-electron chi connectivity index (χ0n) is 7.71. The van der Waals surface area contributed by atoms with Crippen LogP contribution in [0.15, 0.2) is 21.1 Å². The molecule has 5 nitrogen and oxygen atoms in total. The van der Waals surface area contributed by atoms with Crippen molar-refractivity contribution in [2.45, 2.75) is 0 Å². The molecule has 0 aliphatic heterocycles. The molecule has 0 spiro atoms. The first-order chi connectivity index (χ1) is 6.85. The van der Waals surface area contributed by atoms with Gasteiger partial charge in [-0.2, -0.15) is 8.42 Å². The van der Waals surface area contributed by atoms with Crippen LogP contribution in [0.3, 0.4) is 0 Å². The molecular weight excluding hydrogens is 350 g/mol. The largest absolute Gasteiger partial charge is 0.399 e. The third kappa shape index (κ3) is 3.33. The van der Waals surface area contributed by atoms with Crippen molar-refractivity contribution < 1.29 is 8.42 Å². The van der Waals surface area contributed by atoms with E-state index in [-0.39, 0.29) is 0 Å². The predicted molar refractivity (Wildman–Crippen MR) is 67.9 cm³/mol. The number of nitrogens with two attached hydrogens (primary N) is 1. The summed E-state index contributed by atoms with van der Waals surface area (Å²) in [5.74, 6) is 0. The molecule has 15 heavy (non-hydrogen) atoms. The van der Waals surface area contributed by atoms with Gasteiger partial charge in [0.1, 0.15) is 0 Å². The summed E-state index contributed by atoms with van der Waals surface area (Å²) < 4.78 is 28.1. The summed E-state index contributed by atoms with van der Waals surface area (Å²) in [7, 11) is -2.21. The van der Waals surface area contributed by atoms with Crippen LogP contribution in [0.1, 0.15) is 0 Å². The Morgan fingerprint density at radius 1 is 1.27 bits per heavy atom. The molecule has 8 heteroatoms. The zero-order valence-corrected chi connectivity index (χ0v) is 11.7. The highest BCUT2D eigenvalue weighted by atomic mass is 79.9. The summed E-state index contributed by atoms with van der Waals surface area (Å²) in [6.07, 6.45) is 0. The van der Waals surface area contributed by atoms with Gasteiger partial charge in [0.05, 0.1) is 5.69 Å². The van der Waals surface area contributed by atoms with Gasteiger partial charge in [0, 0.05) is 21.7 Å². The summed E-state index contributed by atoms with van der Waals surface area (Å²) >= 11 is 6.43. The number of hydrogen-bond donors (Lipinski definition) is 3. The van der Waals surface area contributed by atoms with Gasteiger partial charge in [-0.15, -0.1) is 0 Å². The maximum Gasteiger partial charge on any atom is 0.298 e. The zero-order chi connectivity index (χ0) is 11.6. The summed E-state index contributed by atoms with van der Waals surface area (Å²) in [5, 5.41) is 0. The lowest BCUT2D eigenvalue weighted by Gasteiger charge is -2.11. The molecule has 0 unspecified atom stereocenters. The molecule has 0 fully saturated rings. The van der Waals surface area contributed by atoms with E-state index >= 15 is 0 Å². The van der Waals surface area contributed by atoms with Crippen LogP contribution in [0.5, 0.6) is 0 Å². The summed E-state index contributed by atoms with van der Waals surface area (Å²) in [5.41, 5.74) is 6.50. The van der Waals surface area contributed by atoms with Crippen molar-refractivity contribution in [3.63, 3.8) is 0 Å². The van der Waals surface area contributed by atoms with Crippen molar-refractivity contribution in [1.29, 1.82) is 0 Å². The minimum absolute atomic E-state index is 0.401. The quantitative estimate of drug-likeness (QED) is 0.718. The number of rotatable bonds is 3. The minimum Gasteiger partial charge on any atom is -0.399 e. The molecule has 1 rings (SSSR count). The van der Waals surface area contributed by atoms with Gasteiger partial charge in [-0.3, -0.25) is 4.72 Å². The molecule has 0 bridgehead atoms. The fraction of sp³-hybridized carbons (Fsp3) is 0.143. The standard InChI is InChI=1S/C7H9Br2N3O2S/c1-11-15(13,14)12-7-5(8)2-4(10)3-6(7)9/h2-3,11-12H,10H2,1H3. The third-order valence-electron chi connectivity index (χ3n) is 1.57. The second kappa shape index (κ2) is 4.69.